The van der Waals surface area contributed by atoms with E-state index in [9.17, 15) is 0 Å². The molecule has 0 fully saturated rings. The molecular weight excluding hydrogens is 238 g/mol. The summed E-state index contributed by atoms with van der Waals surface area (Å²) in [4.78, 5) is 3.34. The Hall–Kier alpha value is -1.38. The van der Waals surface area contributed by atoms with Gasteiger partial charge in [-0.2, -0.15) is 0 Å². The topological polar surface area (TPSA) is 15.8 Å². The molecule has 1 N–H and O–H groups in total. The number of pyridine rings is 1. The molecule has 1 nitrogen and oxygen atoms in total. The lowest BCUT2D eigenvalue weighted by molar-refractivity contribution is 1.49. The van der Waals surface area contributed by atoms with Gasteiger partial charge in [0.05, 0.1) is 4.51 Å². The number of fused-ring (bicyclic) bond motifs is 2. The van der Waals surface area contributed by atoms with Crippen LogP contribution < -0.4 is 0 Å². The molecule has 2 aromatic carbocycles. The third-order valence-electron chi connectivity index (χ3n) is 2.67. The van der Waals surface area contributed by atoms with Crippen LogP contribution in [0, 0.1) is 4.51 Å². The zero-order valence-electron chi connectivity index (χ0n) is 8.33. The fourth-order valence-corrected chi connectivity index (χ4v) is 2.43. The highest BCUT2D eigenvalue weighted by Gasteiger charge is 2.01. The minimum atomic E-state index is 0.716. The molecule has 0 atom stereocenters. The first-order chi connectivity index (χ1) is 7.75. The first-order valence-corrected chi connectivity index (χ1v) is 5.74. The first kappa shape index (κ1) is 9.82. The van der Waals surface area contributed by atoms with E-state index in [0.717, 1.165) is 26.3 Å². The van der Waals surface area contributed by atoms with E-state index in [1.165, 1.54) is 0 Å². The summed E-state index contributed by atoms with van der Waals surface area (Å²) < 4.78 is 0.876. The fraction of sp³-hybridized carbons (Fsp3) is 0. The molecule has 0 saturated carbocycles. The zero-order chi connectivity index (χ0) is 11.1. The summed E-state index contributed by atoms with van der Waals surface area (Å²) in [7, 11) is 0. The summed E-state index contributed by atoms with van der Waals surface area (Å²) in [6.07, 6.45) is 0. The summed E-state index contributed by atoms with van der Waals surface area (Å²) in [6.45, 7) is 0. The molecule has 0 unspecified atom stereocenters. The molecule has 1 heterocycles. The molecule has 3 aromatic rings. The quantitative estimate of drug-likeness (QED) is 0.448. The fourth-order valence-electron chi connectivity index (χ4n) is 1.90. The number of rotatable bonds is 0. The smallest absolute Gasteiger partial charge is 0.0563 e. The van der Waals surface area contributed by atoms with E-state index in [-0.39, 0.29) is 0 Å². The Morgan fingerprint density at radius 1 is 0.938 bits per heavy atom. The van der Waals surface area contributed by atoms with Crippen LogP contribution >= 0.6 is 23.8 Å². The molecule has 78 valence electrons. The van der Waals surface area contributed by atoms with Gasteiger partial charge in [-0.3, -0.25) is 0 Å². The Labute approximate surface area is 103 Å². The highest BCUT2D eigenvalue weighted by Crippen LogP contribution is 2.24. The highest BCUT2D eigenvalue weighted by molar-refractivity contribution is 7.72. The molecule has 1 aromatic heterocycles. The zero-order valence-corrected chi connectivity index (χ0v) is 9.90. The van der Waals surface area contributed by atoms with Crippen LogP contribution in [-0.2, 0) is 0 Å². The van der Waals surface area contributed by atoms with Gasteiger partial charge in [-0.25, -0.2) is 0 Å². The average Bonchev–Trinajstić information content (AvgIpc) is 2.29. The molecule has 0 amide bonds. The summed E-state index contributed by atoms with van der Waals surface area (Å²) in [5, 5.41) is 2.83. The number of nitrogens with one attached hydrogen (secondary N) is 1. The van der Waals surface area contributed by atoms with E-state index in [1.54, 1.807) is 0 Å². The summed E-state index contributed by atoms with van der Waals surface area (Å²) in [5.74, 6) is 0. The molecule has 0 spiro atoms. The standard InChI is InChI=1S/C13H8ClNS/c14-8-5-6-10-12(7-8)15-11-4-2-1-3-9(11)13(10)16/h1-7H,(H,15,16). The molecule has 0 bridgehead atoms. The number of para-hydroxylation sites is 1. The predicted molar refractivity (Wildman–Crippen MR) is 71.6 cm³/mol. The van der Waals surface area contributed by atoms with Crippen LogP contribution in [0.5, 0.6) is 0 Å². The SMILES string of the molecule is S=c1c2ccccc2[nH]c2cc(Cl)ccc12. The van der Waals surface area contributed by atoms with Gasteiger partial charge in [-0.05, 0) is 24.3 Å². The Bertz CT molecular complexity index is 746. The van der Waals surface area contributed by atoms with Gasteiger partial charge in [0.2, 0.25) is 0 Å². The van der Waals surface area contributed by atoms with Gasteiger partial charge in [-0.1, -0.05) is 42.0 Å². The van der Waals surface area contributed by atoms with E-state index in [4.69, 9.17) is 23.8 Å². The minimum absolute atomic E-state index is 0.716. The molecular formula is C13H8ClNS. The second-order valence-corrected chi connectivity index (χ2v) is 4.53. The van der Waals surface area contributed by atoms with Gasteiger partial charge in [0.1, 0.15) is 0 Å². The molecule has 16 heavy (non-hydrogen) atoms. The maximum Gasteiger partial charge on any atom is 0.0563 e. The van der Waals surface area contributed by atoms with Gasteiger partial charge in [0, 0.05) is 26.8 Å². The lowest BCUT2D eigenvalue weighted by Crippen LogP contribution is -1.83. The summed E-state index contributed by atoms with van der Waals surface area (Å²) in [5.41, 5.74) is 2.03. The van der Waals surface area contributed by atoms with Crippen molar-refractivity contribution in [3.8, 4) is 0 Å². The average molecular weight is 246 g/mol. The normalized spacial score (nSPS) is 11.1. The van der Waals surface area contributed by atoms with Crippen molar-refractivity contribution in [2.24, 2.45) is 0 Å². The number of benzene rings is 2. The van der Waals surface area contributed by atoms with E-state index in [1.807, 2.05) is 42.5 Å². The lowest BCUT2D eigenvalue weighted by Gasteiger charge is -2.04. The van der Waals surface area contributed by atoms with Gasteiger partial charge in [0.25, 0.3) is 0 Å². The van der Waals surface area contributed by atoms with E-state index >= 15 is 0 Å². The Morgan fingerprint density at radius 2 is 1.69 bits per heavy atom. The van der Waals surface area contributed by atoms with Crippen molar-refractivity contribution in [1.82, 2.24) is 4.98 Å². The number of aromatic nitrogens is 1. The second kappa shape index (κ2) is 3.58. The minimum Gasteiger partial charge on any atom is -0.354 e. The summed E-state index contributed by atoms with van der Waals surface area (Å²) in [6, 6.07) is 13.8. The van der Waals surface area contributed by atoms with Crippen molar-refractivity contribution >= 4 is 45.6 Å². The number of halogens is 1. The maximum atomic E-state index is 5.97. The van der Waals surface area contributed by atoms with Crippen LogP contribution in [0.4, 0.5) is 0 Å². The third-order valence-corrected chi connectivity index (χ3v) is 3.34. The third kappa shape index (κ3) is 1.42. The van der Waals surface area contributed by atoms with E-state index < -0.39 is 0 Å². The van der Waals surface area contributed by atoms with Crippen molar-refractivity contribution in [2.75, 3.05) is 0 Å². The van der Waals surface area contributed by atoms with Gasteiger partial charge >= 0.3 is 0 Å². The van der Waals surface area contributed by atoms with Crippen LogP contribution in [0.15, 0.2) is 42.5 Å². The maximum absolute atomic E-state index is 5.97. The van der Waals surface area contributed by atoms with Crippen molar-refractivity contribution in [3.05, 3.63) is 52.0 Å². The molecule has 3 heteroatoms. The Balaban J connectivity index is 2.61. The van der Waals surface area contributed by atoms with Gasteiger partial charge in [-0.15, -0.1) is 0 Å². The van der Waals surface area contributed by atoms with Crippen molar-refractivity contribution in [3.63, 3.8) is 0 Å². The molecule has 0 saturated heterocycles. The molecule has 0 radical (unpaired) electrons. The van der Waals surface area contributed by atoms with Crippen LogP contribution in [0.1, 0.15) is 0 Å². The molecule has 0 aliphatic rings. The monoisotopic (exact) mass is 245 g/mol. The van der Waals surface area contributed by atoms with Crippen LogP contribution in [-0.4, -0.2) is 4.98 Å². The van der Waals surface area contributed by atoms with Gasteiger partial charge in [0.15, 0.2) is 0 Å². The van der Waals surface area contributed by atoms with Crippen molar-refractivity contribution in [1.29, 1.82) is 0 Å². The number of aromatic amines is 1. The number of H-pyrrole nitrogens is 1. The van der Waals surface area contributed by atoms with Gasteiger partial charge < -0.3 is 4.98 Å². The van der Waals surface area contributed by atoms with E-state index in [0.29, 0.717) is 5.02 Å². The van der Waals surface area contributed by atoms with Crippen LogP contribution in [0.3, 0.4) is 0 Å². The second-order valence-electron chi connectivity index (χ2n) is 3.69. The largest absolute Gasteiger partial charge is 0.354 e. The number of hydrogen-bond acceptors (Lipinski definition) is 1. The first-order valence-electron chi connectivity index (χ1n) is 4.96. The Morgan fingerprint density at radius 3 is 2.56 bits per heavy atom. The molecule has 0 aliphatic heterocycles. The van der Waals surface area contributed by atoms with Crippen LogP contribution in [0.2, 0.25) is 5.02 Å². The Kier molecular flexibility index (Phi) is 2.20. The van der Waals surface area contributed by atoms with Crippen molar-refractivity contribution < 1.29 is 0 Å². The molecule has 0 aliphatic carbocycles. The molecule has 3 rings (SSSR count). The number of hydrogen-bond donors (Lipinski definition) is 1. The summed E-state index contributed by atoms with van der Waals surface area (Å²) >= 11 is 11.4. The van der Waals surface area contributed by atoms with E-state index in [2.05, 4.69) is 4.98 Å². The lowest BCUT2D eigenvalue weighted by atomic mass is 10.1. The predicted octanol–water partition coefficient (Wildman–Crippen LogP) is 4.70. The highest BCUT2D eigenvalue weighted by atomic mass is 35.5. The van der Waals surface area contributed by atoms with Crippen LogP contribution in [0.25, 0.3) is 21.8 Å². The van der Waals surface area contributed by atoms with Crippen molar-refractivity contribution in [2.45, 2.75) is 0 Å².